The van der Waals surface area contributed by atoms with Crippen LogP contribution in [0.4, 0.5) is 13.2 Å². The maximum absolute atomic E-state index is 12.3. The molecule has 1 aromatic heterocycles. The van der Waals surface area contributed by atoms with Crippen LogP contribution in [0.15, 0.2) is 30.5 Å². The molecule has 3 N–H and O–H groups in total. The number of rotatable bonds is 2. The van der Waals surface area contributed by atoms with E-state index in [0.29, 0.717) is 5.56 Å². The molecule has 1 atom stereocenters. The molecule has 0 aliphatic rings. The van der Waals surface area contributed by atoms with Crippen molar-refractivity contribution in [1.82, 2.24) is 4.98 Å². The van der Waals surface area contributed by atoms with Gasteiger partial charge in [0.2, 0.25) is 0 Å². The summed E-state index contributed by atoms with van der Waals surface area (Å²) in [4.78, 5) is 2.92. The average molecular weight is 228 g/mol. The zero-order valence-electron chi connectivity index (χ0n) is 8.38. The molecule has 2 rings (SSSR count). The molecule has 0 aliphatic heterocycles. The Hall–Kier alpha value is -1.49. The summed E-state index contributed by atoms with van der Waals surface area (Å²) < 4.78 is 37.0. The number of fused-ring (bicyclic) bond motifs is 1. The van der Waals surface area contributed by atoms with Gasteiger partial charge in [-0.15, -0.1) is 0 Å². The van der Waals surface area contributed by atoms with Gasteiger partial charge in [-0.1, -0.05) is 18.2 Å². The second-order valence-corrected chi connectivity index (χ2v) is 3.71. The van der Waals surface area contributed by atoms with E-state index in [-0.39, 0.29) is 6.42 Å². The van der Waals surface area contributed by atoms with Crippen LogP contribution in [-0.4, -0.2) is 17.2 Å². The second-order valence-electron chi connectivity index (χ2n) is 3.71. The molecule has 2 aromatic rings. The van der Waals surface area contributed by atoms with Gasteiger partial charge in [-0.05, 0) is 23.4 Å². The molecule has 5 heteroatoms. The van der Waals surface area contributed by atoms with E-state index in [1.54, 1.807) is 18.3 Å². The summed E-state index contributed by atoms with van der Waals surface area (Å²) in [6.45, 7) is 0. The van der Waals surface area contributed by atoms with Crippen LogP contribution in [-0.2, 0) is 6.42 Å². The second kappa shape index (κ2) is 3.83. The topological polar surface area (TPSA) is 41.8 Å². The highest BCUT2D eigenvalue weighted by Gasteiger charge is 2.36. The van der Waals surface area contributed by atoms with Crippen molar-refractivity contribution in [2.75, 3.05) is 0 Å². The molecule has 16 heavy (non-hydrogen) atoms. The molecule has 0 spiro atoms. The molecule has 0 fully saturated rings. The summed E-state index contributed by atoms with van der Waals surface area (Å²) in [5, 5.41) is 0.895. The number of nitrogens with one attached hydrogen (secondary N) is 1. The average Bonchev–Trinajstić information content (AvgIpc) is 2.65. The number of hydrogen-bond acceptors (Lipinski definition) is 1. The molecular formula is C11H11F3N2. The van der Waals surface area contributed by atoms with Crippen molar-refractivity contribution < 1.29 is 13.2 Å². The fourth-order valence-electron chi connectivity index (χ4n) is 1.67. The lowest BCUT2D eigenvalue weighted by Crippen LogP contribution is -2.39. The fraction of sp³-hybridized carbons (Fsp3) is 0.273. The number of halogens is 3. The quantitative estimate of drug-likeness (QED) is 0.815. The van der Waals surface area contributed by atoms with E-state index < -0.39 is 12.2 Å². The van der Waals surface area contributed by atoms with Crippen molar-refractivity contribution >= 4 is 10.9 Å². The van der Waals surface area contributed by atoms with E-state index in [9.17, 15) is 13.2 Å². The van der Waals surface area contributed by atoms with Crippen molar-refractivity contribution in [1.29, 1.82) is 0 Å². The van der Waals surface area contributed by atoms with Crippen LogP contribution in [0.2, 0.25) is 0 Å². The minimum absolute atomic E-state index is 0.207. The Bertz CT molecular complexity index is 487. The summed E-state index contributed by atoms with van der Waals surface area (Å²) in [7, 11) is 0. The first-order valence-corrected chi connectivity index (χ1v) is 4.86. The molecule has 86 valence electrons. The predicted molar refractivity (Wildman–Crippen MR) is 56.0 cm³/mol. The smallest absolute Gasteiger partial charge is 0.361 e. The van der Waals surface area contributed by atoms with Crippen LogP contribution in [0.3, 0.4) is 0 Å². The summed E-state index contributed by atoms with van der Waals surface area (Å²) in [5.41, 5.74) is 6.42. The summed E-state index contributed by atoms with van der Waals surface area (Å²) >= 11 is 0. The Morgan fingerprint density at radius 1 is 1.25 bits per heavy atom. The van der Waals surface area contributed by atoms with E-state index in [1.807, 2.05) is 12.1 Å². The van der Waals surface area contributed by atoms with Crippen molar-refractivity contribution in [3.05, 3.63) is 36.0 Å². The number of hydrogen-bond donors (Lipinski definition) is 2. The lowest BCUT2D eigenvalue weighted by atomic mass is 10.0. The molecule has 1 unspecified atom stereocenters. The van der Waals surface area contributed by atoms with Crippen molar-refractivity contribution in [3.8, 4) is 0 Å². The van der Waals surface area contributed by atoms with E-state index in [1.165, 1.54) is 0 Å². The molecule has 0 aliphatic carbocycles. The molecule has 0 saturated carbocycles. The lowest BCUT2D eigenvalue weighted by Gasteiger charge is -2.15. The molecule has 2 nitrogen and oxygen atoms in total. The number of alkyl halides is 3. The number of H-pyrrole nitrogens is 1. The van der Waals surface area contributed by atoms with Crippen LogP contribution >= 0.6 is 0 Å². The zero-order chi connectivity index (χ0) is 11.8. The van der Waals surface area contributed by atoms with Crippen LogP contribution in [0, 0.1) is 0 Å². The summed E-state index contributed by atoms with van der Waals surface area (Å²) in [6.07, 6.45) is -2.86. The first kappa shape index (κ1) is 11.0. The van der Waals surface area contributed by atoms with Gasteiger partial charge in [0.15, 0.2) is 0 Å². The number of nitrogens with two attached hydrogens (primary N) is 1. The molecule has 0 amide bonds. The van der Waals surface area contributed by atoms with E-state index in [4.69, 9.17) is 5.73 Å². The van der Waals surface area contributed by atoms with Gasteiger partial charge in [0.25, 0.3) is 0 Å². The largest absolute Gasteiger partial charge is 0.403 e. The minimum atomic E-state index is -4.35. The van der Waals surface area contributed by atoms with Crippen molar-refractivity contribution in [2.45, 2.75) is 18.6 Å². The van der Waals surface area contributed by atoms with Gasteiger partial charge in [0.1, 0.15) is 6.04 Å². The van der Waals surface area contributed by atoms with Gasteiger partial charge in [-0.3, -0.25) is 0 Å². The van der Waals surface area contributed by atoms with Crippen LogP contribution in [0.25, 0.3) is 10.9 Å². The van der Waals surface area contributed by atoms with Gasteiger partial charge >= 0.3 is 6.18 Å². The van der Waals surface area contributed by atoms with Crippen LogP contribution in [0.5, 0.6) is 0 Å². The fourth-order valence-corrected chi connectivity index (χ4v) is 1.67. The SMILES string of the molecule is NC(Cc1cccc2cc[nH]c12)C(F)(F)F. The number of aromatic amines is 1. The van der Waals surface area contributed by atoms with Crippen LogP contribution < -0.4 is 5.73 Å². The Morgan fingerprint density at radius 3 is 2.69 bits per heavy atom. The standard InChI is InChI=1S/C11H11F3N2/c12-11(13,14)9(15)6-8-3-1-2-7-4-5-16-10(7)8/h1-5,9,16H,6,15H2. The Kier molecular flexibility index (Phi) is 2.63. The third kappa shape index (κ3) is 2.04. The minimum Gasteiger partial charge on any atom is -0.361 e. The molecule has 0 saturated heterocycles. The first-order chi connectivity index (χ1) is 7.48. The third-order valence-corrected chi connectivity index (χ3v) is 2.53. The van der Waals surface area contributed by atoms with Crippen LogP contribution in [0.1, 0.15) is 5.56 Å². The highest BCUT2D eigenvalue weighted by Crippen LogP contribution is 2.24. The molecule has 1 aromatic carbocycles. The maximum atomic E-state index is 12.3. The summed E-state index contributed by atoms with van der Waals surface area (Å²) in [6, 6.07) is 5.23. The Balaban J connectivity index is 2.31. The van der Waals surface area contributed by atoms with E-state index >= 15 is 0 Å². The van der Waals surface area contributed by atoms with Gasteiger partial charge in [-0.2, -0.15) is 13.2 Å². The molecule has 1 heterocycles. The Morgan fingerprint density at radius 2 is 2.00 bits per heavy atom. The van der Waals surface area contributed by atoms with Gasteiger partial charge < -0.3 is 10.7 Å². The van der Waals surface area contributed by atoms with E-state index in [0.717, 1.165) is 10.9 Å². The third-order valence-electron chi connectivity index (χ3n) is 2.53. The number of benzene rings is 1. The molecule has 0 radical (unpaired) electrons. The predicted octanol–water partition coefficient (Wildman–Crippen LogP) is 2.60. The maximum Gasteiger partial charge on any atom is 0.403 e. The van der Waals surface area contributed by atoms with Crippen molar-refractivity contribution in [2.24, 2.45) is 5.73 Å². The Labute approximate surface area is 90.3 Å². The highest BCUT2D eigenvalue weighted by molar-refractivity contribution is 5.82. The zero-order valence-corrected chi connectivity index (χ0v) is 8.38. The number of aromatic nitrogens is 1. The molecular weight excluding hydrogens is 217 g/mol. The van der Waals surface area contributed by atoms with Crippen molar-refractivity contribution in [3.63, 3.8) is 0 Å². The van der Waals surface area contributed by atoms with Gasteiger partial charge in [-0.25, -0.2) is 0 Å². The highest BCUT2D eigenvalue weighted by atomic mass is 19.4. The molecule has 0 bridgehead atoms. The van der Waals surface area contributed by atoms with Gasteiger partial charge in [0.05, 0.1) is 0 Å². The lowest BCUT2D eigenvalue weighted by molar-refractivity contribution is -0.147. The summed E-state index contributed by atoms with van der Waals surface area (Å²) in [5.74, 6) is 0. The first-order valence-electron chi connectivity index (χ1n) is 4.86. The normalized spacial score (nSPS) is 14.2. The monoisotopic (exact) mass is 228 g/mol. The van der Waals surface area contributed by atoms with E-state index in [2.05, 4.69) is 4.98 Å². The van der Waals surface area contributed by atoms with Gasteiger partial charge in [0, 0.05) is 11.7 Å². The number of para-hydroxylation sites is 1.